The van der Waals surface area contributed by atoms with E-state index in [9.17, 15) is 14.4 Å². The van der Waals surface area contributed by atoms with Crippen molar-refractivity contribution in [3.05, 3.63) is 94.4 Å². The first-order valence-corrected chi connectivity index (χ1v) is 12.0. The number of hydrogen-bond donors (Lipinski definition) is 1. The molecule has 2 unspecified atom stereocenters. The number of anilines is 1. The fourth-order valence-corrected chi connectivity index (χ4v) is 4.52. The standard InChI is InChI=1S/C28H31N3O4/c1-20-6-5-7-21(2)31(20)27(33)19-35-25-15-11-23(12-16-25)28(34)29-24-13-9-22(10-14-24)18-30-17-4-3-8-26(30)32/h3-4,8-17,20-21H,5-7,18-19H2,1-2H3,(H,29,34). The molecule has 2 aromatic carbocycles. The number of nitrogens with zero attached hydrogens (tertiary/aromatic N) is 2. The second kappa shape index (κ2) is 11.0. The number of likely N-dealkylation sites (tertiary alicyclic amines) is 1. The Balaban J connectivity index is 1.30. The van der Waals surface area contributed by atoms with E-state index in [1.807, 2.05) is 35.2 Å². The number of piperidine rings is 1. The summed E-state index contributed by atoms with van der Waals surface area (Å²) >= 11 is 0. The van der Waals surface area contributed by atoms with E-state index in [2.05, 4.69) is 19.2 Å². The van der Waals surface area contributed by atoms with Crippen molar-refractivity contribution >= 4 is 17.5 Å². The van der Waals surface area contributed by atoms with Crippen LogP contribution in [0.3, 0.4) is 0 Å². The Kier molecular flexibility index (Phi) is 7.65. The van der Waals surface area contributed by atoms with Gasteiger partial charge in [0.1, 0.15) is 5.75 Å². The van der Waals surface area contributed by atoms with Crippen LogP contribution in [0.15, 0.2) is 77.7 Å². The van der Waals surface area contributed by atoms with Gasteiger partial charge in [-0.15, -0.1) is 0 Å². The highest BCUT2D eigenvalue weighted by atomic mass is 16.5. The second-order valence-electron chi connectivity index (χ2n) is 9.06. The largest absolute Gasteiger partial charge is 0.484 e. The van der Waals surface area contributed by atoms with E-state index < -0.39 is 0 Å². The molecule has 0 aliphatic carbocycles. The lowest BCUT2D eigenvalue weighted by Crippen LogP contribution is -2.49. The minimum atomic E-state index is -0.240. The molecule has 0 bridgehead atoms. The average molecular weight is 474 g/mol. The minimum Gasteiger partial charge on any atom is -0.484 e. The van der Waals surface area contributed by atoms with Crippen LogP contribution in [0.5, 0.6) is 5.75 Å². The van der Waals surface area contributed by atoms with Gasteiger partial charge in [-0.05, 0) is 81.1 Å². The first kappa shape index (κ1) is 24.3. The molecule has 1 aliphatic heterocycles. The fraction of sp³-hybridized carbons (Fsp3) is 0.321. The lowest BCUT2D eigenvalue weighted by molar-refractivity contribution is -0.139. The van der Waals surface area contributed by atoms with Crippen LogP contribution < -0.4 is 15.6 Å². The van der Waals surface area contributed by atoms with E-state index >= 15 is 0 Å². The monoisotopic (exact) mass is 473 g/mol. The molecule has 4 rings (SSSR count). The summed E-state index contributed by atoms with van der Waals surface area (Å²) in [4.78, 5) is 39.1. The number of benzene rings is 2. The molecule has 2 amide bonds. The summed E-state index contributed by atoms with van der Waals surface area (Å²) in [5, 5.41) is 2.87. The van der Waals surface area contributed by atoms with Crippen LogP contribution >= 0.6 is 0 Å². The van der Waals surface area contributed by atoms with Gasteiger partial charge in [-0.2, -0.15) is 0 Å². The number of hydrogen-bond acceptors (Lipinski definition) is 4. The van der Waals surface area contributed by atoms with Crippen LogP contribution in [0.2, 0.25) is 0 Å². The van der Waals surface area contributed by atoms with Crippen molar-refractivity contribution in [2.75, 3.05) is 11.9 Å². The van der Waals surface area contributed by atoms with Gasteiger partial charge in [0.15, 0.2) is 6.61 Å². The molecule has 7 heteroatoms. The number of ether oxygens (including phenoxy) is 1. The highest BCUT2D eigenvalue weighted by Gasteiger charge is 2.28. The normalized spacial score (nSPS) is 17.6. The summed E-state index contributed by atoms with van der Waals surface area (Å²) in [6.45, 7) is 4.62. The Labute approximate surface area is 205 Å². The SMILES string of the molecule is CC1CCCC(C)N1C(=O)COc1ccc(C(=O)Nc2ccc(Cn3ccccc3=O)cc2)cc1. The second-order valence-corrected chi connectivity index (χ2v) is 9.06. The predicted molar refractivity (Wildman–Crippen MR) is 136 cm³/mol. The molecule has 7 nitrogen and oxygen atoms in total. The Morgan fingerprint density at radius 2 is 1.63 bits per heavy atom. The third-order valence-corrected chi connectivity index (χ3v) is 6.42. The molecule has 35 heavy (non-hydrogen) atoms. The smallest absolute Gasteiger partial charge is 0.260 e. The van der Waals surface area contributed by atoms with Crippen molar-refractivity contribution in [1.82, 2.24) is 9.47 Å². The minimum absolute atomic E-state index is 0.00731. The third kappa shape index (κ3) is 6.18. The maximum Gasteiger partial charge on any atom is 0.260 e. The highest BCUT2D eigenvalue weighted by Crippen LogP contribution is 2.23. The number of carbonyl (C=O) groups excluding carboxylic acids is 2. The fourth-order valence-electron chi connectivity index (χ4n) is 4.52. The van der Waals surface area contributed by atoms with Crippen LogP contribution in [0.4, 0.5) is 5.69 Å². The van der Waals surface area contributed by atoms with Gasteiger partial charge in [-0.3, -0.25) is 14.4 Å². The Bertz CT molecular complexity index is 1210. The number of pyridine rings is 1. The van der Waals surface area contributed by atoms with Gasteiger partial charge in [-0.25, -0.2) is 0 Å². The topological polar surface area (TPSA) is 80.6 Å². The molecule has 2 atom stereocenters. The van der Waals surface area contributed by atoms with E-state index in [1.54, 1.807) is 41.1 Å². The van der Waals surface area contributed by atoms with E-state index in [1.165, 1.54) is 6.07 Å². The molecule has 2 heterocycles. The molecular formula is C28H31N3O4. The van der Waals surface area contributed by atoms with E-state index in [0.29, 0.717) is 23.5 Å². The molecular weight excluding hydrogens is 442 g/mol. The summed E-state index contributed by atoms with van der Waals surface area (Å²) in [7, 11) is 0. The summed E-state index contributed by atoms with van der Waals surface area (Å²) in [6, 6.07) is 19.7. The zero-order valence-electron chi connectivity index (χ0n) is 20.1. The van der Waals surface area contributed by atoms with Gasteiger partial charge in [0, 0.05) is 35.6 Å². The van der Waals surface area contributed by atoms with Gasteiger partial charge < -0.3 is 19.5 Å². The zero-order chi connectivity index (χ0) is 24.8. The lowest BCUT2D eigenvalue weighted by atomic mass is 9.97. The highest BCUT2D eigenvalue weighted by molar-refractivity contribution is 6.04. The molecule has 0 saturated carbocycles. The Hall–Kier alpha value is -3.87. The van der Waals surface area contributed by atoms with E-state index in [0.717, 1.165) is 24.8 Å². The first-order chi connectivity index (χ1) is 16.9. The molecule has 182 valence electrons. The van der Waals surface area contributed by atoms with Gasteiger partial charge >= 0.3 is 0 Å². The first-order valence-electron chi connectivity index (χ1n) is 12.0. The van der Waals surface area contributed by atoms with Crippen LogP contribution in [0.1, 0.15) is 49.0 Å². The number of rotatable bonds is 7. The molecule has 1 N–H and O–H groups in total. The molecule has 0 spiro atoms. The lowest BCUT2D eigenvalue weighted by Gasteiger charge is -2.38. The molecule has 1 fully saturated rings. The van der Waals surface area contributed by atoms with Crippen molar-refractivity contribution in [2.45, 2.75) is 51.7 Å². The van der Waals surface area contributed by atoms with Gasteiger partial charge in [0.2, 0.25) is 0 Å². The predicted octanol–water partition coefficient (Wildman–Crippen LogP) is 4.32. The average Bonchev–Trinajstić information content (AvgIpc) is 2.85. The molecule has 1 saturated heterocycles. The molecule has 1 aliphatic rings. The molecule has 1 aromatic heterocycles. The molecule has 0 radical (unpaired) electrons. The number of aromatic nitrogens is 1. The summed E-state index contributed by atoms with van der Waals surface area (Å²) in [5.41, 5.74) is 2.05. The van der Waals surface area contributed by atoms with Crippen molar-refractivity contribution in [1.29, 1.82) is 0 Å². The quantitative estimate of drug-likeness (QED) is 0.554. The van der Waals surface area contributed by atoms with Crippen LogP contribution in [-0.4, -0.2) is 40.0 Å². The summed E-state index contributed by atoms with van der Waals surface area (Å²) in [5.74, 6) is 0.301. The summed E-state index contributed by atoms with van der Waals surface area (Å²) < 4.78 is 7.32. The third-order valence-electron chi connectivity index (χ3n) is 6.42. The van der Waals surface area contributed by atoms with Crippen LogP contribution in [-0.2, 0) is 11.3 Å². The summed E-state index contributed by atoms with van der Waals surface area (Å²) in [6.07, 6.45) is 4.94. The van der Waals surface area contributed by atoms with Crippen molar-refractivity contribution < 1.29 is 14.3 Å². The van der Waals surface area contributed by atoms with Gasteiger partial charge in [-0.1, -0.05) is 18.2 Å². The Morgan fingerprint density at radius 1 is 0.943 bits per heavy atom. The maximum atomic E-state index is 12.6. The van der Waals surface area contributed by atoms with E-state index in [-0.39, 0.29) is 36.1 Å². The van der Waals surface area contributed by atoms with Crippen LogP contribution in [0.25, 0.3) is 0 Å². The zero-order valence-corrected chi connectivity index (χ0v) is 20.1. The number of amides is 2. The van der Waals surface area contributed by atoms with Gasteiger partial charge in [0.25, 0.3) is 17.4 Å². The van der Waals surface area contributed by atoms with E-state index in [4.69, 9.17) is 4.74 Å². The van der Waals surface area contributed by atoms with Crippen molar-refractivity contribution in [3.63, 3.8) is 0 Å². The Morgan fingerprint density at radius 3 is 2.29 bits per heavy atom. The van der Waals surface area contributed by atoms with Crippen molar-refractivity contribution in [2.24, 2.45) is 0 Å². The van der Waals surface area contributed by atoms with Crippen LogP contribution in [0, 0.1) is 0 Å². The number of carbonyl (C=O) groups is 2. The maximum absolute atomic E-state index is 12.6. The van der Waals surface area contributed by atoms with Gasteiger partial charge in [0.05, 0.1) is 6.54 Å². The number of nitrogens with one attached hydrogen (secondary N) is 1. The van der Waals surface area contributed by atoms with Crippen molar-refractivity contribution in [3.8, 4) is 5.75 Å². The molecule has 3 aromatic rings.